The topological polar surface area (TPSA) is 93.2 Å². The van der Waals surface area contributed by atoms with Gasteiger partial charge in [-0.3, -0.25) is 9.59 Å². The molecule has 0 bridgehead atoms. The Morgan fingerprint density at radius 2 is 0.600 bits per heavy atom. The number of anilines is 2. The molecule has 0 aliphatic carbocycles. The second kappa shape index (κ2) is 30.8. The zero-order valence-corrected chi connectivity index (χ0v) is 40.3. The van der Waals surface area contributed by atoms with Crippen LogP contribution in [-0.4, -0.2) is 49.7 Å². The number of hydrogen-bond donors (Lipinski definition) is 0. The van der Waals surface area contributed by atoms with Crippen molar-refractivity contribution in [2.45, 2.75) is 163 Å². The van der Waals surface area contributed by atoms with Crippen LogP contribution in [0.25, 0.3) is 0 Å². The van der Waals surface area contributed by atoms with Crippen LogP contribution >= 0.6 is 0 Å². The average Bonchev–Trinajstić information content (AvgIpc) is 3.33. The first-order valence-corrected chi connectivity index (χ1v) is 25.2. The molecule has 352 valence electrons. The fraction of sp³-hybridized carbons (Fsp3) is 0.509. The van der Waals surface area contributed by atoms with Gasteiger partial charge in [0.05, 0.1) is 17.5 Å². The summed E-state index contributed by atoms with van der Waals surface area (Å²) in [6.45, 7) is 13.0. The predicted octanol–water partition coefficient (Wildman–Crippen LogP) is 15.1. The molecule has 0 N–H and O–H groups in total. The highest BCUT2D eigenvalue weighted by Gasteiger charge is 2.17. The molecule has 0 saturated heterocycles. The lowest BCUT2D eigenvalue weighted by atomic mass is 10.0. The third-order valence-electron chi connectivity index (χ3n) is 12.2. The maximum Gasteiger partial charge on any atom is 0.343 e. The molecular formula is C57H78N2O6. The van der Waals surface area contributed by atoms with Crippen molar-refractivity contribution in [2.75, 3.05) is 36.0 Å². The third kappa shape index (κ3) is 19.4. The molecule has 65 heavy (non-hydrogen) atoms. The van der Waals surface area contributed by atoms with E-state index in [2.05, 4.69) is 37.5 Å². The molecule has 8 nitrogen and oxygen atoms in total. The van der Waals surface area contributed by atoms with Crippen LogP contribution in [0.1, 0.15) is 204 Å². The van der Waals surface area contributed by atoms with Crippen LogP contribution < -0.4 is 19.3 Å². The minimum absolute atomic E-state index is 0.312. The molecule has 0 aromatic heterocycles. The highest BCUT2D eigenvalue weighted by Crippen LogP contribution is 2.23. The number of esters is 2. The number of carbonyl (C=O) groups is 4. The van der Waals surface area contributed by atoms with Crippen LogP contribution in [0.5, 0.6) is 11.5 Å². The molecule has 0 aliphatic rings. The van der Waals surface area contributed by atoms with Gasteiger partial charge in [-0.1, -0.05) is 130 Å². The summed E-state index contributed by atoms with van der Waals surface area (Å²) in [5.41, 5.74) is 3.82. The molecule has 0 fully saturated rings. The maximum atomic E-state index is 13.1. The van der Waals surface area contributed by atoms with Gasteiger partial charge in [-0.15, -0.1) is 0 Å². The molecule has 0 heterocycles. The number of unbranched alkanes of at least 4 members (excludes halogenated alkanes) is 16. The van der Waals surface area contributed by atoms with Crippen molar-refractivity contribution >= 4 is 34.9 Å². The summed E-state index contributed by atoms with van der Waals surface area (Å²) in [6, 6.07) is 27.8. The summed E-state index contributed by atoms with van der Waals surface area (Å²) >= 11 is 0. The Morgan fingerprint density at radius 1 is 0.338 bits per heavy atom. The predicted molar refractivity (Wildman–Crippen MR) is 268 cm³/mol. The monoisotopic (exact) mass is 887 g/mol. The molecule has 8 heteroatoms. The van der Waals surface area contributed by atoms with Crippen LogP contribution in [0.15, 0.2) is 97.1 Å². The molecule has 0 amide bonds. The molecule has 4 aromatic rings. The van der Waals surface area contributed by atoms with Gasteiger partial charge in [0.1, 0.15) is 11.5 Å². The van der Waals surface area contributed by atoms with Gasteiger partial charge < -0.3 is 19.3 Å². The lowest BCUT2D eigenvalue weighted by molar-refractivity contribution is 0.0725. The molecule has 4 aromatic carbocycles. The van der Waals surface area contributed by atoms with Crippen molar-refractivity contribution < 1.29 is 28.7 Å². The highest BCUT2D eigenvalue weighted by molar-refractivity contribution is 6.13. The van der Waals surface area contributed by atoms with Crippen molar-refractivity contribution in [3.8, 4) is 11.5 Å². The minimum Gasteiger partial charge on any atom is -0.423 e. The van der Waals surface area contributed by atoms with Gasteiger partial charge in [0.15, 0.2) is 11.6 Å². The number of nitrogens with zero attached hydrogens (tertiary/aromatic N) is 2. The normalized spacial score (nSPS) is 11.0. The van der Waals surface area contributed by atoms with E-state index in [0.717, 1.165) is 63.2 Å². The lowest BCUT2D eigenvalue weighted by Crippen LogP contribution is -2.25. The van der Waals surface area contributed by atoms with E-state index >= 15 is 0 Å². The quantitative estimate of drug-likeness (QED) is 0.0151. The molecule has 0 saturated carbocycles. The number of ether oxygens (including phenoxy) is 2. The van der Waals surface area contributed by atoms with E-state index in [1.807, 2.05) is 48.5 Å². The molecule has 0 spiro atoms. The van der Waals surface area contributed by atoms with Crippen LogP contribution in [0.4, 0.5) is 11.4 Å². The van der Waals surface area contributed by atoms with Crippen LogP contribution in [0.2, 0.25) is 0 Å². The zero-order valence-electron chi connectivity index (χ0n) is 40.3. The Morgan fingerprint density at radius 3 is 0.877 bits per heavy atom. The summed E-state index contributed by atoms with van der Waals surface area (Å²) < 4.78 is 11.3. The first kappa shape index (κ1) is 52.4. The van der Waals surface area contributed by atoms with Crippen LogP contribution in [0.3, 0.4) is 0 Å². The summed E-state index contributed by atoms with van der Waals surface area (Å²) in [4.78, 5) is 57.3. The van der Waals surface area contributed by atoms with Gasteiger partial charge in [-0.05, 0) is 123 Å². The highest BCUT2D eigenvalue weighted by atomic mass is 16.5. The Kier molecular flexibility index (Phi) is 24.8. The van der Waals surface area contributed by atoms with E-state index in [9.17, 15) is 19.2 Å². The van der Waals surface area contributed by atoms with Gasteiger partial charge in [-0.25, -0.2) is 9.59 Å². The molecule has 0 unspecified atom stereocenters. The average molecular weight is 887 g/mol. The zero-order chi connectivity index (χ0) is 46.5. The van der Waals surface area contributed by atoms with Crippen LogP contribution in [-0.2, 0) is 0 Å². The van der Waals surface area contributed by atoms with Gasteiger partial charge in [0.25, 0.3) is 0 Å². The van der Waals surface area contributed by atoms with E-state index in [0.29, 0.717) is 33.8 Å². The second-order valence-electron chi connectivity index (χ2n) is 17.6. The SMILES string of the molecule is CCCCCCCN(CCCCCCC)c1ccc(C(=O)Oc2ccc(C(=O)CC(=O)c3ccc(OC(=O)c4ccc(N(CCCCCCC)CCCCCCC)cc4)cc3)cc2)cc1. The Labute approximate surface area is 391 Å². The Hall–Kier alpha value is -5.24. The molecular weight excluding hydrogens is 809 g/mol. The van der Waals surface area contributed by atoms with Gasteiger partial charge in [-0.2, -0.15) is 0 Å². The summed E-state index contributed by atoms with van der Waals surface area (Å²) in [7, 11) is 0. The van der Waals surface area contributed by atoms with E-state index in [-0.39, 0.29) is 18.0 Å². The number of benzene rings is 4. The largest absolute Gasteiger partial charge is 0.423 e. The lowest BCUT2D eigenvalue weighted by Gasteiger charge is -2.25. The molecule has 0 aliphatic heterocycles. The maximum absolute atomic E-state index is 13.1. The van der Waals surface area contributed by atoms with Gasteiger partial charge >= 0.3 is 11.9 Å². The molecule has 0 radical (unpaired) electrons. The van der Waals surface area contributed by atoms with Crippen molar-refractivity contribution in [1.82, 2.24) is 0 Å². The van der Waals surface area contributed by atoms with Crippen molar-refractivity contribution in [3.63, 3.8) is 0 Å². The minimum atomic E-state index is -0.475. The number of Topliss-reactive ketones (excluding diaryl/α,β-unsaturated/α-hetero) is 2. The number of rotatable bonds is 34. The summed E-state index contributed by atoms with van der Waals surface area (Å²) in [5.74, 6) is -1.03. The van der Waals surface area contributed by atoms with Gasteiger partial charge in [0, 0.05) is 48.7 Å². The van der Waals surface area contributed by atoms with E-state index < -0.39 is 11.9 Å². The number of hydrogen-bond acceptors (Lipinski definition) is 8. The number of carbonyl (C=O) groups excluding carboxylic acids is 4. The smallest absolute Gasteiger partial charge is 0.343 e. The van der Waals surface area contributed by atoms with Crippen LogP contribution in [0, 0.1) is 0 Å². The van der Waals surface area contributed by atoms with E-state index in [4.69, 9.17) is 9.47 Å². The van der Waals surface area contributed by atoms with E-state index in [1.54, 1.807) is 48.5 Å². The van der Waals surface area contributed by atoms with E-state index in [1.165, 1.54) is 103 Å². The first-order valence-electron chi connectivity index (χ1n) is 25.2. The van der Waals surface area contributed by atoms with Crippen molar-refractivity contribution in [2.24, 2.45) is 0 Å². The number of ketones is 2. The van der Waals surface area contributed by atoms with Crippen molar-refractivity contribution in [1.29, 1.82) is 0 Å². The molecule has 4 rings (SSSR count). The van der Waals surface area contributed by atoms with Crippen molar-refractivity contribution in [3.05, 3.63) is 119 Å². The Bertz CT molecular complexity index is 1790. The fourth-order valence-corrected chi connectivity index (χ4v) is 8.08. The standard InChI is InChI=1S/C57H78N2O6/c1-5-9-13-17-21-41-58(42-22-18-14-10-6-2)50-33-25-48(26-34-50)56(62)64-52-37-29-46(30-38-52)54(60)45-55(61)47-31-39-53(40-32-47)65-57(63)49-27-35-51(36-28-49)59(43-23-19-15-11-7-3)44-24-20-16-12-8-4/h25-40H,5-24,41-45H2,1-4H3. The fourth-order valence-electron chi connectivity index (χ4n) is 8.08. The summed E-state index contributed by atoms with van der Waals surface area (Å²) in [6.07, 6.45) is 24.3. The third-order valence-corrected chi connectivity index (χ3v) is 12.2. The second-order valence-corrected chi connectivity index (χ2v) is 17.6. The summed E-state index contributed by atoms with van der Waals surface area (Å²) in [5, 5.41) is 0. The first-order chi connectivity index (χ1) is 31.8. The molecule has 0 atom stereocenters. The van der Waals surface area contributed by atoms with Gasteiger partial charge in [0.2, 0.25) is 0 Å². The Balaban J connectivity index is 1.25.